The van der Waals surface area contributed by atoms with Crippen LogP contribution >= 0.6 is 0 Å². The van der Waals surface area contributed by atoms with Crippen LogP contribution in [0, 0.1) is 0 Å². The largest absolute Gasteiger partial charge is 0.458 e. The monoisotopic (exact) mass is 870 g/mol. The van der Waals surface area contributed by atoms with E-state index >= 15 is 0 Å². The standard InChI is InChI=1S/C57H91NO5/c1-4-7-10-13-16-19-22-24-26-27-28-29-30-32-35-38-41-44-47-50-57(62)63-53(48-45-42-39-36-34-31-25-23-20-17-14-11-8-5-2)51-56(61)58-54(52-59)55(60)49-46-43-40-37-33-21-18-15-12-9-6-3/h7-8,10-11,16-17,19-20,24-26,28-29,31-32,35-36,39,41,44-45,48,53-55,59-60H,4-6,9,12-15,18,21-23,27,30,33-34,37-38,40,42-43,46-47,49-52H2,1-3H3,(H,58,61)/b10-7-,11-8+,19-16-,20-17+,26-24-,29-28-,31-25+,35-32-,39-36+,44-41-,48-45+. The third-order valence-corrected chi connectivity index (χ3v) is 10.2. The maximum absolute atomic E-state index is 13.1. The first-order valence-electron chi connectivity index (χ1n) is 24.9. The predicted octanol–water partition coefficient (Wildman–Crippen LogP) is 15.1. The van der Waals surface area contributed by atoms with E-state index in [1.807, 2.05) is 18.2 Å². The van der Waals surface area contributed by atoms with Gasteiger partial charge in [-0.05, 0) is 89.5 Å². The summed E-state index contributed by atoms with van der Waals surface area (Å²) in [6.07, 6.45) is 69.8. The molecule has 0 aliphatic heterocycles. The van der Waals surface area contributed by atoms with Gasteiger partial charge in [-0.15, -0.1) is 0 Å². The number of hydrogen-bond donors (Lipinski definition) is 3. The predicted molar refractivity (Wildman–Crippen MR) is 273 cm³/mol. The molecule has 0 bridgehead atoms. The first-order chi connectivity index (χ1) is 31.0. The quantitative estimate of drug-likeness (QED) is 0.0323. The maximum atomic E-state index is 13.1. The van der Waals surface area contributed by atoms with E-state index in [2.05, 4.69) is 135 Å². The summed E-state index contributed by atoms with van der Waals surface area (Å²) in [6, 6.07) is -0.765. The molecule has 0 saturated heterocycles. The van der Waals surface area contributed by atoms with Crippen molar-refractivity contribution in [1.82, 2.24) is 5.32 Å². The second kappa shape index (κ2) is 49.0. The summed E-state index contributed by atoms with van der Waals surface area (Å²) >= 11 is 0. The minimum Gasteiger partial charge on any atom is -0.458 e. The minimum atomic E-state index is -0.839. The van der Waals surface area contributed by atoms with Gasteiger partial charge in [0.2, 0.25) is 5.91 Å². The van der Waals surface area contributed by atoms with Crippen LogP contribution in [-0.2, 0) is 14.3 Å². The lowest BCUT2D eigenvalue weighted by Gasteiger charge is -2.23. The normalized spacial score (nSPS) is 14.4. The number of aliphatic hydroxyl groups is 2. The smallest absolute Gasteiger partial charge is 0.306 e. The number of rotatable bonds is 42. The maximum Gasteiger partial charge on any atom is 0.306 e. The first-order valence-corrected chi connectivity index (χ1v) is 24.9. The Labute approximate surface area is 386 Å². The van der Waals surface area contributed by atoms with Crippen molar-refractivity contribution in [2.24, 2.45) is 0 Å². The Kier molecular flexibility index (Phi) is 45.9. The molecule has 0 aliphatic carbocycles. The molecule has 354 valence electrons. The van der Waals surface area contributed by atoms with Crippen molar-refractivity contribution in [2.75, 3.05) is 6.61 Å². The molecule has 0 spiro atoms. The molecule has 3 unspecified atom stereocenters. The minimum absolute atomic E-state index is 0.0853. The molecule has 0 aromatic rings. The Hall–Kier alpha value is -4.00. The molecule has 6 nitrogen and oxygen atoms in total. The van der Waals surface area contributed by atoms with Gasteiger partial charge < -0.3 is 20.3 Å². The Morgan fingerprint density at radius 2 is 0.857 bits per heavy atom. The van der Waals surface area contributed by atoms with E-state index in [0.717, 1.165) is 83.5 Å². The molecule has 63 heavy (non-hydrogen) atoms. The molecule has 0 rings (SSSR count). The van der Waals surface area contributed by atoms with Gasteiger partial charge in [-0.25, -0.2) is 0 Å². The average Bonchev–Trinajstić information content (AvgIpc) is 3.28. The van der Waals surface area contributed by atoms with Gasteiger partial charge in [-0.2, -0.15) is 0 Å². The van der Waals surface area contributed by atoms with Crippen LogP contribution in [-0.4, -0.2) is 46.9 Å². The Balaban J connectivity index is 4.88. The first kappa shape index (κ1) is 59.0. The highest BCUT2D eigenvalue weighted by Crippen LogP contribution is 2.14. The van der Waals surface area contributed by atoms with Gasteiger partial charge in [0, 0.05) is 6.42 Å². The molecule has 0 aromatic carbocycles. The number of unbranched alkanes of at least 4 members (excludes halogenated alkanes) is 10. The molecule has 3 atom stereocenters. The van der Waals surface area contributed by atoms with Crippen LogP contribution in [0.15, 0.2) is 134 Å². The van der Waals surface area contributed by atoms with E-state index < -0.39 is 18.2 Å². The Morgan fingerprint density at radius 1 is 0.492 bits per heavy atom. The van der Waals surface area contributed by atoms with Crippen molar-refractivity contribution >= 4 is 11.9 Å². The molecule has 0 aromatic heterocycles. The summed E-state index contributed by atoms with van der Waals surface area (Å²) in [7, 11) is 0. The number of hydrogen-bond acceptors (Lipinski definition) is 5. The fourth-order valence-electron chi connectivity index (χ4n) is 6.53. The summed E-state index contributed by atoms with van der Waals surface area (Å²) in [5.41, 5.74) is 0. The number of allylic oxidation sites excluding steroid dienone is 21. The molecule has 0 heterocycles. The summed E-state index contributed by atoms with van der Waals surface area (Å²) in [4.78, 5) is 26.0. The number of ether oxygens (including phenoxy) is 1. The number of esters is 1. The third kappa shape index (κ3) is 44.4. The van der Waals surface area contributed by atoms with Crippen molar-refractivity contribution < 1.29 is 24.5 Å². The molecular formula is C57H91NO5. The second-order valence-electron chi connectivity index (χ2n) is 16.1. The van der Waals surface area contributed by atoms with Crippen LogP contribution in [0.2, 0.25) is 0 Å². The average molecular weight is 870 g/mol. The molecule has 0 fully saturated rings. The zero-order valence-corrected chi connectivity index (χ0v) is 40.1. The lowest BCUT2D eigenvalue weighted by Crippen LogP contribution is -2.46. The fraction of sp³-hybridized carbons (Fsp3) is 0.579. The SMILES string of the molecule is CC/C=C\C/C=C\C/C=C\C/C=C\C/C=C\C/C=C\CCC(=O)OC(/C=C/C/C=C/C/C=C/C/C=C/C/C=C/CC)CC(=O)NC(CO)C(O)CCCCCCCCCCCCC. The highest BCUT2D eigenvalue weighted by molar-refractivity contribution is 5.78. The topological polar surface area (TPSA) is 95.9 Å². The van der Waals surface area contributed by atoms with E-state index in [9.17, 15) is 19.8 Å². The van der Waals surface area contributed by atoms with Crippen LogP contribution in [0.5, 0.6) is 0 Å². The highest BCUT2D eigenvalue weighted by atomic mass is 16.5. The summed E-state index contributed by atoms with van der Waals surface area (Å²) in [5.74, 6) is -0.745. The van der Waals surface area contributed by atoms with E-state index in [1.165, 1.54) is 51.4 Å². The summed E-state index contributed by atoms with van der Waals surface area (Å²) < 4.78 is 5.77. The Morgan fingerprint density at radius 3 is 1.25 bits per heavy atom. The van der Waals surface area contributed by atoms with E-state index in [1.54, 1.807) is 6.08 Å². The Bertz CT molecular complexity index is 1390. The molecular weight excluding hydrogens is 779 g/mol. The third-order valence-electron chi connectivity index (χ3n) is 10.2. The molecule has 0 radical (unpaired) electrons. The molecule has 1 amide bonds. The van der Waals surface area contributed by atoms with Gasteiger partial charge in [-0.1, -0.05) is 219 Å². The van der Waals surface area contributed by atoms with Gasteiger partial charge in [-0.3, -0.25) is 9.59 Å². The van der Waals surface area contributed by atoms with Crippen LogP contribution in [0.3, 0.4) is 0 Å². The lowest BCUT2D eigenvalue weighted by atomic mass is 10.0. The lowest BCUT2D eigenvalue weighted by molar-refractivity contribution is -0.148. The fourth-order valence-corrected chi connectivity index (χ4v) is 6.53. The number of aliphatic hydroxyl groups excluding tert-OH is 2. The highest BCUT2D eigenvalue weighted by Gasteiger charge is 2.23. The van der Waals surface area contributed by atoms with Crippen molar-refractivity contribution in [1.29, 1.82) is 0 Å². The summed E-state index contributed by atoms with van der Waals surface area (Å²) in [6.45, 7) is 6.17. The van der Waals surface area contributed by atoms with Gasteiger partial charge >= 0.3 is 5.97 Å². The van der Waals surface area contributed by atoms with Gasteiger partial charge in [0.05, 0.1) is 25.2 Å². The van der Waals surface area contributed by atoms with Crippen molar-refractivity contribution in [3.63, 3.8) is 0 Å². The van der Waals surface area contributed by atoms with Gasteiger partial charge in [0.1, 0.15) is 6.10 Å². The van der Waals surface area contributed by atoms with Gasteiger partial charge in [0.15, 0.2) is 0 Å². The molecule has 3 N–H and O–H groups in total. The van der Waals surface area contributed by atoms with Gasteiger partial charge in [0.25, 0.3) is 0 Å². The van der Waals surface area contributed by atoms with Crippen LogP contribution < -0.4 is 5.32 Å². The number of nitrogens with one attached hydrogen (secondary N) is 1. The van der Waals surface area contributed by atoms with E-state index in [4.69, 9.17) is 4.74 Å². The number of amides is 1. The number of carbonyl (C=O) groups is 2. The van der Waals surface area contributed by atoms with Crippen LogP contribution in [0.1, 0.15) is 188 Å². The van der Waals surface area contributed by atoms with E-state index in [0.29, 0.717) is 19.3 Å². The number of carbonyl (C=O) groups excluding carboxylic acids is 2. The second-order valence-corrected chi connectivity index (χ2v) is 16.1. The summed E-state index contributed by atoms with van der Waals surface area (Å²) in [5, 5.41) is 23.6. The molecule has 0 aliphatic rings. The van der Waals surface area contributed by atoms with Crippen molar-refractivity contribution in [2.45, 2.75) is 206 Å². The van der Waals surface area contributed by atoms with E-state index in [-0.39, 0.29) is 31.3 Å². The molecule has 0 saturated carbocycles. The molecule has 6 heteroatoms. The van der Waals surface area contributed by atoms with Crippen molar-refractivity contribution in [3.05, 3.63) is 134 Å². The zero-order valence-electron chi connectivity index (χ0n) is 40.1. The van der Waals surface area contributed by atoms with Crippen LogP contribution in [0.4, 0.5) is 0 Å². The van der Waals surface area contributed by atoms with Crippen LogP contribution in [0.25, 0.3) is 0 Å². The van der Waals surface area contributed by atoms with Crippen molar-refractivity contribution in [3.8, 4) is 0 Å². The zero-order chi connectivity index (χ0) is 45.9.